The lowest BCUT2D eigenvalue weighted by molar-refractivity contribution is -0.123. The minimum absolute atomic E-state index is 0.0184. The molecule has 0 saturated carbocycles. The van der Waals surface area contributed by atoms with Gasteiger partial charge in [-0.3, -0.25) is 9.59 Å². The summed E-state index contributed by atoms with van der Waals surface area (Å²) in [5, 5.41) is 5.11. The van der Waals surface area contributed by atoms with E-state index in [1.807, 2.05) is 0 Å². The van der Waals surface area contributed by atoms with Crippen molar-refractivity contribution in [3.05, 3.63) is 59.4 Å². The Bertz CT molecular complexity index is 882. The second-order valence-corrected chi connectivity index (χ2v) is 5.94. The molecule has 2 aromatic carbocycles. The largest absolute Gasteiger partial charge is 0.449 e. The van der Waals surface area contributed by atoms with E-state index in [1.165, 1.54) is 31.2 Å². The Morgan fingerprint density at radius 1 is 1.19 bits per heavy atom. The first kappa shape index (κ1) is 17.6. The number of carbonyl (C=O) groups excluding carboxylic acids is 3. The van der Waals surface area contributed by atoms with Gasteiger partial charge >= 0.3 is 5.97 Å². The van der Waals surface area contributed by atoms with Gasteiger partial charge < -0.3 is 15.4 Å². The van der Waals surface area contributed by atoms with E-state index in [1.54, 1.807) is 18.2 Å². The van der Waals surface area contributed by atoms with Crippen LogP contribution in [0.1, 0.15) is 29.3 Å². The fourth-order valence-corrected chi connectivity index (χ4v) is 2.59. The number of hydrogen-bond acceptors (Lipinski definition) is 4. The maximum Gasteiger partial charge on any atom is 0.338 e. The van der Waals surface area contributed by atoms with Gasteiger partial charge in [-0.05, 0) is 49.2 Å². The SMILES string of the molecule is CC(OC(=O)c1ccc2c(c1)CCC(=O)N2)C(=O)Nc1ccccc1F. The number of benzene rings is 2. The number of para-hydroxylation sites is 1. The molecule has 0 aliphatic carbocycles. The van der Waals surface area contributed by atoms with Crippen molar-refractivity contribution in [3.63, 3.8) is 0 Å². The number of esters is 1. The van der Waals surface area contributed by atoms with Crippen LogP contribution >= 0.6 is 0 Å². The maximum atomic E-state index is 13.6. The molecule has 1 heterocycles. The maximum absolute atomic E-state index is 13.6. The van der Waals surface area contributed by atoms with Crippen molar-refractivity contribution in [1.82, 2.24) is 0 Å². The molecule has 1 atom stereocenters. The highest BCUT2D eigenvalue weighted by atomic mass is 19.1. The molecule has 0 radical (unpaired) electrons. The average molecular weight is 356 g/mol. The summed E-state index contributed by atoms with van der Waals surface area (Å²) in [5.41, 5.74) is 1.81. The Kier molecular flexibility index (Phi) is 4.97. The van der Waals surface area contributed by atoms with Crippen LogP contribution in [0.3, 0.4) is 0 Å². The number of aryl methyl sites for hydroxylation is 1. The van der Waals surface area contributed by atoms with Gasteiger partial charge in [0, 0.05) is 12.1 Å². The van der Waals surface area contributed by atoms with Gasteiger partial charge in [-0.2, -0.15) is 0 Å². The molecule has 1 aliphatic heterocycles. The molecule has 0 saturated heterocycles. The summed E-state index contributed by atoms with van der Waals surface area (Å²) < 4.78 is 18.7. The lowest BCUT2D eigenvalue weighted by atomic mass is 10.0. The Labute approximate surface area is 149 Å². The summed E-state index contributed by atoms with van der Waals surface area (Å²) in [7, 11) is 0. The minimum Gasteiger partial charge on any atom is -0.449 e. The molecule has 0 aromatic heterocycles. The lowest BCUT2D eigenvalue weighted by Gasteiger charge is -2.18. The summed E-state index contributed by atoms with van der Waals surface area (Å²) in [6.45, 7) is 1.41. The molecule has 134 valence electrons. The first-order valence-electron chi connectivity index (χ1n) is 8.13. The standard InChI is InChI=1S/C19H17FN2O4/c1-11(18(24)22-16-5-3-2-4-14(16)20)26-19(25)13-6-8-15-12(10-13)7-9-17(23)21-15/h2-6,8,10-11H,7,9H2,1H3,(H,21,23)(H,22,24). The molecule has 1 unspecified atom stereocenters. The first-order chi connectivity index (χ1) is 12.4. The van der Waals surface area contributed by atoms with Gasteiger partial charge in [0.1, 0.15) is 5.82 Å². The van der Waals surface area contributed by atoms with Gasteiger partial charge in [0.25, 0.3) is 5.91 Å². The highest BCUT2D eigenvalue weighted by Gasteiger charge is 2.22. The second-order valence-electron chi connectivity index (χ2n) is 5.94. The average Bonchev–Trinajstić information content (AvgIpc) is 2.63. The lowest BCUT2D eigenvalue weighted by Crippen LogP contribution is -2.30. The molecule has 0 bridgehead atoms. The molecular weight excluding hydrogens is 339 g/mol. The topological polar surface area (TPSA) is 84.5 Å². The summed E-state index contributed by atoms with van der Waals surface area (Å²) in [5.74, 6) is -1.93. The van der Waals surface area contributed by atoms with Crippen molar-refractivity contribution in [2.24, 2.45) is 0 Å². The number of anilines is 2. The highest BCUT2D eigenvalue weighted by molar-refractivity contribution is 5.98. The Morgan fingerprint density at radius 3 is 2.73 bits per heavy atom. The quantitative estimate of drug-likeness (QED) is 0.825. The number of nitrogens with one attached hydrogen (secondary N) is 2. The molecule has 3 rings (SSSR count). The second kappa shape index (κ2) is 7.35. The van der Waals surface area contributed by atoms with Crippen LogP contribution in [0.15, 0.2) is 42.5 Å². The number of hydrogen-bond donors (Lipinski definition) is 2. The molecule has 2 N–H and O–H groups in total. The zero-order valence-corrected chi connectivity index (χ0v) is 14.0. The number of ether oxygens (including phenoxy) is 1. The van der Waals surface area contributed by atoms with Crippen LogP contribution in [0, 0.1) is 5.82 Å². The molecular formula is C19H17FN2O4. The smallest absolute Gasteiger partial charge is 0.338 e. The first-order valence-corrected chi connectivity index (χ1v) is 8.13. The predicted octanol–water partition coefficient (Wildman–Crippen LogP) is 2.89. The van der Waals surface area contributed by atoms with Crippen LogP contribution in [-0.2, 0) is 20.7 Å². The summed E-state index contributed by atoms with van der Waals surface area (Å²) in [6, 6.07) is 10.5. The molecule has 2 amide bonds. The van der Waals surface area contributed by atoms with E-state index in [0.717, 1.165) is 5.56 Å². The minimum atomic E-state index is -1.10. The summed E-state index contributed by atoms with van der Waals surface area (Å²) in [6.07, 6.45) is -0.212. The Morgan fingerprint density at radius 2 is 1.96 bits per heavy atom. The van der Waals surface area contributed by atoms with Crippen LogP contribution in [0.25, 0.3) is 0 Å². The van der Waals surface area contributed by atoms with E-state index < -0.39 is 23.8 Å². The van der Waals surface area contributed by atoms with Gasteiger partial charge in [0.05, 0.1) is 11.3 Å². The molecule has 6 nitrogen and oxygen atoms in total. The molecule has 26 heavy (non-hydrogen) atoms. The third kappa shape index (κ3) is 3.88. The number of halogens is 1. The molecule has 2 aromatic rings. The zero-order chi connectivity index (χ0) is 18.7. The van der Waals surface area contributed by atoms with Gasteiger partial charge in [0.2, 0.25) is 5.91 Å². The molecule has 7 heteroatoms. The Hall–Kier alpha value is -3.22. The number of amides is 2. The van der Waals surface area contributed by atoms with Crippen molar-refractivity contribution >= 4 is 29.2 Å². The Balaban J connectivity index is 1.65. The van der Waals surface area contributed by atoms with Crippen LogP contribution in [0.5, 0.6) is 0 Å². The van der Waals surface area contributed by atoms with Crippen molar-refractivity contribution < 1.29 is 23.5 Å². The number of fused-ring (bicyclic) bond motifs is 1. The van der Waals surface area contributed by atoms with Gasteiger partial charge in [0.15, 0.2) is 6.10 Å². The summed E-state index contributed by atoms with van der Waals surface area (Å²) >= 11 is 0. The monoisotopic (exact) mass is 356 g/mol. The van der Waals surface area contributed by atoms with Crippen molar-refractivity contribution in [2.75, 3.05) is 10.6 Å². The van der Waals surface area contributed by atoms with Crippen LogP contribution in [0.2, 0.25) is 0 Å². The van der Waals surface area contributed by atoms with Gasteiger partial charge in [-0.15, -0.1) is 0 Å². The third-order valence-corrected chi connectivity index (χ3v) is 4.02. The van der Waals surface area contributed by atoms with Crippen LogP contribution in [-0.4, -0.2) is 23.9 Å². The van der Waals surface area contributed by atoms with E-state index in [0.29, 0.717) is 18.5 Å². The third-order valence-electron chi connectivity index (χ3n) is 4.02. The number of rotatable bonds is 4. The van der Waals surface area contributed by atoms with Crippen molar-refractivity contribution in [3.8, 4) is 0 Å². The predicted molar refractivity (Wildman–Crippen MR) is 93.3 cm³/mol. The molecule has 0 spiro atoms. The zero-order valence-electron chi connectivity index (χ0n) is 14.0. The van der Waals surface area contributed by atoms with E-state index in [2.05, 4.69) is 10.6 Å². The van der Waals surface area contributed by atoms with E-state index in [-0.39, 0.29) is 17.2 Å². The summed E-state index contributed by atoms with van der Waals surface area (Å²) in [4.78, 5) is 35.7. The van der Waals surface area contributed by atoms with Crippen LogP contribution < -0.4 is 10.6 Å². The van der Waals surface area contributed by atoms with Crippen molar-refractivity contribution in [2.45, 2.75) is 25.9 Å². The number of carbonyl (C=O) groups is 3. The highest BCUT2D eigenvalue weighted by Crippen LogP contribution is 2.24. The molecule has 0 fully saturated rings. The van der Waals surface area contributed by atoms with Gasteiger partial charge in [-0.25, -0.2) is 9.18 Å². The van der Waals surface area contributed by atoms with E-state index in [4.69, 9.17) is 4.74 Å². The van der Waals surface area contributed by atoms with E-state index >= 15 is 0 Å². The van der Waals surface area contributed by atoms with Gasteiger partial charge in [-0.1, -0.05) is 12.1 Å². The fourth-order valence-electron chi connectivity index (χ4n) is 2.59. The van der Waals surface area contributed by atoms with Crippen LogP contribution in [0.4, 0.5) is 15.8 Å². The molecule has 1 aliphatic rings. The fraction of sp³-hybridized carbons (Fsp3) is 0.211. The van der Waals surface area contributed by atoms with Crippen molar-refractivity contribution in [1.29, 1.82) is 0 Å². The normalized spacial score (nSPS) is 14.0. The van der Waals surface area contributed by atoms with E-state index in [9.17, 15) is 18.8 Å².